The summed E-state index contributed by atoms with van der Waals surface area (Å²) in [4.78, 5) is 0. The van der Waals surface area contributed by atoms with E-state index in [1.54, 1.807) is 0 Å². The van der Waals surface area contributed by atoms with Gasteiger partial charge in [0.2, 0.25) is 0 Å². The number of hydrogen-bond donors (Lipinski definition) is 0. The fraction of sp³-hybridized carbons (Fsp3) is 0.250. The molecule has 0 aromatic heterocycles. The van der Waals surface area contributed by atoms with Gasteiger partial charge in [-0.25, -0.2) is 0 Å². The number of hydrogen-bond acceptors (Lipinski definition) is 0. The van der Waals surface area contributed by atoms with Crippen molar-refractivity contribution in [3.63, 3.8) is 0 Å². The van der Waals surface area contributed by atoms with Gasteiger partial charge in [-0.2, -0.15) is 35.9 Å². The van der Waals surface area contributed by atoms with Crippen molar-refractivity contribution < 1.29 is 18.9 Å². The molecule has 0 aliphatic heterocycles. The molecule has 0 atom stereocenters. The molecular formula is C8H9Li. The van der Waals surface area contributed by atoms with Crippen LogP contribution in [0.2, 0.25) is 0 Å². The first-order chi connectivity index (χ1) is 3.93. The van der Waals surface area contributed by atoms with Crippen LogP contribution in [0.25, 0.3) is 0 Å². The van der Waals surface area contributed by atoms with Gasteiger partial charge >= 0.3 is 18.9 Å². The molecule has 0 unspecified atom stereocenters. The SMILES string of the molecule is CCc1[c-]cccc1.[Li+]. The second-order valence-corrected chi connectivity index (χ2v) is 1.74. The second kappa shape index (κ2) is 4.67. The topological polar surface area (TPSA) is 0 Å². The van der Waals surface area contributed by atoms with Crippen LogP contribution in [0.4, 0.5) is 0 Å². The summed E-state index contributed by atoms with van der Waals surface area (Å²) in [5.41, 5.74) is 1.28. The van der Waals surface area contributed by atoms with E-state index in [9.17, 15) is 0 Å². The summed E-state index contributed by atoms with van der Waals surface area (Å²) >= 11 is 0. The molecule has 1 aromatic carbocycles. The molecule has 0 spiro atoms. The van der Waals surface area contributed by atoms with Gasteiger partial charge in [0.25, 0.3) is 0 Å². The minimum atomic E-state index is 0. The van der Waals surface area contributed by atoms with Gasteiger partial charge in [0.15, 0.2) is 0 Å². The molecule has 1 rings (SSSR count). The minimum Gasteiger partial charge on any atom is -0.180 e. The van der Waals surface area contributed by atoms with Gasteiger partial charge in [0.05, 0.1) is 0 Å². The van der Waals surface area contributed by atoms with Crippen molar-refractivity contribution in [1.82, 2.24) is 0 Å². The first-order valence-corrected chi connectivity index (χ1v) is 2.89. The average Bonchev–Trinajstić information content (AvgIpc) is 1.90. The molecule has 0 radical (unpaired) electrons. The molecular weight excluding hydrogens is 103 g/mol. The van der Waals surface area contributed by atoms with Crippen LogP contribution in [0.15, 0.2) is 24.3 Å². The zero-order chi connectivity index (χ0) is 5.82. The molecule has 0 amide bonds. The summed E-state index contributed by atoms with van der Waals surface area (Å²) < 4.78 is 0. The summed E-state index contributed by atoms with van der Waals surface area (Å²) in [5, 5.41) is 0. The summed E-state index contributed by atoms with van der Waals surface area (Å²) in [6.45, 7) is 2.13. The Morgan fingerprint density at radius 1 is 1.44 bits per heavy atom. The molecule has 0 fully saturated rings. The van der Waals surface area contributed by atoms with Crippen molar-refractivity contribution in [2.75, 3.05) is 0 Å². The number of benzene rings is 1. The Kier molecular flexibility index (Phi) is 4.58. The molecule has 0 N–H and O–H groups in total. The minimum absolute atomic E-state index is 0. The standard InChI is InChI=1S/C8H9.Li/c1-2-8-6-4-3-5-7-8;/h3-6H,2H2,1H3;/q-1;+1. The largest absolute Gasteiger partial charge is 1.00 e. The van der Waals surface area contributed by atoms with Crippen LogP contribution in [0.3, 0.4) is 0 Å². The van der Waals surface area contributed by atoms with Crippen LogP contribution < -0.4 is 18.9 Å². The quantitative estimate of drug-likeness (QED) is 0.324. The Hall–Kier alpha value is -0.183. The van der Waals surface area contributed by atoms with E-state index < -0.39 is 0 Å². The van der Waals surface area contributed by atoms with Crippen LogP contribution in [0, 0.1) is 6.07 Å². The first-order valence-electron chi connectivity index (χ1n) is 2.89. The van der Waals surface area contributed by atoms with E-state index >= 15 is 0 Å². The molecule has 0 nitrogen and oxygen atoms in total. The van der Waals surface area contributed by atoms with Crippen LogP contribution in [-0.2, 0) is 6.42 Å². The Morgan fingerprint density at radius 2 is 2.22 bits per heavy atom. The Labute approximate surface area is 68.5 Å². The van der Waals surface area contributed by atoms with E-state index in [1.165, 1.54) is 5.56 Å². The third-order valence-electron chi connectivity index (χ3n) is 1.15. The van der Waals surface area contributed by atoms with Gasteiger partial charge in [-0.05, 0) is 0 Å². The van der Waals surface area contributed by atoms with Crippen molar-refractivity contribution in [2.24, 2.45) is 0 Å². The van der Waals surface area contributed by atoms with Crippen molar-refractivity contribution in [3.05, 3.63) is 35.9 Å². The molecule has 0 aliphatic rings. The Balaban J connectivity index is 0.000000640. The molecule has 0 bridgehead atoms. The van der Waals surface area contributed by atoms with Crippen LogP contribution >= 0.6 is 0 Å². The summed E-state index contributed by atoms with van der Waals surface area (Å²) in [5.74, 6) is 0. The third-order valence-corrected chi connectivity index (χ3v) is 1.15. The molecule has 42 valence electrons. The molecule has 0 aliphatic carbocycles. The molecule has 1 aromatic rings. The maximum Gasteiger partial charge on any atom is 1.00 e. The van der Waals surface area contributed by atoms with Crippen LogP contribution in [0.1, 0.15) is 12.5 Å². The summed E-state index contributed by atoms with van der Waals surface area (Å²) in [7, 11) is 0. The fourth-order valence-corrected chi connectivity index (χ4v) is 0.650. The fourth-order valence-electron chi connectivity index (χ4n) is 0.650. The smallest absolute Gasteiger partial charge is 0.180 e. The van der Waals surface area contributed by atoms with Gasteiger partial charge in [-0.15, -0.1) is 0 Å². The van der Waals surface area contributed by atoms with Gasteiger partial charge in [0.1, 0.15) is 0 Å². The van der Waals surface area contributed by atoms with Gasteiger partial charge in [-0.3, -0.25) is 0 Å². The molecule has 9 heavy (non-hydrogen) atoms. The molecule has 0 heterocycles. The summed E-state index contributed by atoms with van der Waals surface area (Å²) in [6, 6.07) is 11.2. The third kappa shape index (κ3) is 2.74. The maximum absolute atomic E-state index is 3.12. The second-order valence-electron chi connectivity index (χ2n) is 1.74. The van der Waals surface area contributed by atoms with Gasteiger partial charge in [-0.1, -0.05) is 13.3 Å². The predicted molar refractivity (Wildman–Crippen MR) is 34.7 cm³/mol. The van der Waals surface area contributed by atoms with Gasteiger partial charge in [0, 0.05) is 0 Å². The van der Waals surface area contributed by atoms with E-state index in [0.29, 0.717) is 0 Å². The Morgan fingerprint density at radius 3 is 2.56 bits per heavy atom. The normalized spacial score (nSPS) is 8.11. The molecule has 1 heteroatoms. The van der Waals surface area contributed by atoms with E-state index in [1.807, 2.05) is 18.2 Å². The van der Waals surface area contributed by atoms with E-state index in [4.69, 9.17) is 0 Å². The van der Waals surface area contributed by atoms with E-state index in [0.717, 1.165) is 6.42 Å². The van der Waals surface area contributed by atoms with Crippen molar-refractivity contribution in [2.45, 2.75) is 13.3 Å². The van der Waals surface area contributed by atoms with E-state index in [-0.39, 0.29) is 18.9 Å². The number of aryl methyl sites for hydroxylation is 1. The van der Waals surface area contributed by atoms with Crippen molar-refractivity contribution in [1.29, 1.82) is 0 Å². The maximum atomic E-state index is 3.12. The van der Waals surface area contributed by atoms with Crippen molar-refractivity contribution in [3.8, 4) is 0 Å². The van der Waals surface area contributed by atoms with E-state index in [2.05, 4.69) is 19.1 Å². The monoisotopic (exact) mass is 112 g/mol. The average molecular weight is 112 g/mol. The van der Waals surface area contributed by atoms with Crippen molar-refractivity contribution >= 4 is 0 Å². The van der Waals surface area contributed by atoms with Gasteiger partial charge < -0.3 is 0 Å². The predicted octanol–water partition coefficient (Wildman–Crippen LogP) is -0.947. The zero-order valence-corrected chi connectivity index (χ0v) is 6.02. The van der Waals surface area contributed by atoms with Crippen LogP contribution in [0.5, 0.6) is 0 Å². The number of rotatable bonds is 1. The molecule has 0 saturated heterocycles. The summed E-state index contributed by atoms with van der Waals surface area (Å²) in [6.07, 6.45) is 1.08. The van der Waals surface area contributed by atoms with Crippen LogP contribution in [-0.4, -0.2) is 0 Å². The zero-order valence-electron chi connectivity index (χ0n) is 6.02. The molecule has 0 saturated carbocycles. The first kappa shape index (κ1) is 8.82. The Bertz CT molecular complexity index is 146.